The van der Waals surface area contributed by atoms with Crippen LogP contribution in [0.5, 0.6) is 0 Å². The molecule has 1 aliphatic rings. The largest absolute Gasteiger partial charge is 0.344 e. The summed E-state index contributed by atoms with van der Waals surface area (Å²) in [5.74, 6) is -0.388. The molecule has 0 amide bonds. The highest BCUT2D eigenvalue weighted by atomic mass is 19.1. The van der Waals surface area contributed by atoms with E-state index in [2.05, 4.69) is 16.5 Å². The normalized spacial score (nSPS) is 15.3. The molecule has 1 aliphatic heterocycles. The quantitative estimate of drug-likeness (QED) is 0.679. The molecule has 0 bridgehead atoms. The van der Waals surface area contributed by atoms with Crippen molar-refractivity contribution in [1.82, 2.24) is 9.47 Å². The predicted octanol–water partition coefficient (Wildman–Crippen LogP) is 4.54. The molecule has 0 fully saturated rings. The lowest BCUT2D eigenvalue weighted by Crippen LogP contribution is -2.17. The maximum atomic E-state index is 13.8. The highest BCUT2D eigenvalue weighted by Gasteiger charge is 2.21. The van der Waals surface area contributed by atoms with Gasteiger partial charge in [0.05, 0.1) is 0 Å². The van der Waals surface area contributed by atoms with Crippen molar-refractivity contribution in [2.75, 3.05) is 13.6 Å². The van der Waals surface area contributed by atoms with Crippen molar-refractivity contribution in [3.63, 3.8) is 0 Å². The summed E-state index contributed by atoms with van der Waals surface area (Å²) >= 11 is 0. The fourth-order valence-corrected chi connectivity index (χ4v) is 3.92. The van der Waals surface area contributed by atoms with Crippen LogP contribution in [0.2, 0.25) is 0 Å². The lowest BCUT2D eigenvalue weighted by molar-refractivity contribution is 0.333. The van der Waals surface area contributed by atoms with E-state index in [4.69, 9.17) is 0 Å². The van der Waals surface area contributed by atoms with Crippen LogP contribution >= 0.6 is 0 Å². The van der Waals surface area contributed by atoms with Crippen molar-refractivity contribution in [2.24, 2.45) is 0 Å². The van der Waals surface area contributed by atoms with Gasteiger partial charge in [-0.15, -0.1) is 0 Å². The van der Waals surface area contributed by atoms with E-state index in [1.807, 2.05) is 18.2 Å². The Balaban J connectivity index is 1.74. The highest BCUT2D eigenvalue weighted by molar-refractivity contribution is 5.85. The summed E-state index contributed by atoms with van der Waals surface area (Å²) < 4.78 is 29.3. The van der Waals surface area contributed by atoms with E-state index in [1.54, 1.807) is 12.1 Å². The minimum Gasteiger partial charge on any atom is -0.344 e. The number of halogens is 2. The van der Waals surface area contributed by atoms with E-state index in [9.17, 15) is 8.78 Å². The first-order valence-corrected chi connectivity index (χ1v) is 8.84. The second-order valence-corrected chi connectivity index (χ2v) is 6.96. The number of benzene rings is 2. The van der Waals surface area contributed by atoms with E-state index in [-0.39, 0.29) is 11.6 Å². The number of aryl methyl sites for hydroxylation is 2. The second-order valence-electron chi connectivity index (χ2n) is 6.96. The van der Waals surface area contributed by atoms with Gasteiger partial charge in [0.25, 0.3) is 0 Å². The van der Waals surface area contributed by atoms with Gasteiger partial charge >= 0.3 is 0 Å². The van der Waals surface area contributed by atoms with Gasteiger partial charge in [-0.1, -0.05) is 12.1 Å². The molecule has 3 aromatic rings. The molecule has 0 N–H and O–H groups in total. The molecular formula is C21H22F2N2. The van der Waals surface area contributed by atoms with Gasteiger partial charge in [0.15, 0.2) is 0 Å². The molecule has 0 unspecified atom stereocenters. The van der Waals surface area contributed by atoms with Gasteiger partial charge < -0.3 is 9.47 Å². The fraction of sp³-hybridized carbons (Fsp3) is 0.333. The van der Waals surface area contributed by atoms with Crippen LogP contribution in [0.15, 0.2) is 42.5 Å². The van der Waals surface area contributed by atoms with Crippen LogP contribution in [0.25, 0.3) is 10.9 Å². The number of hydrogen-bond acceptors (Lipinski definition) is 1. The highest BCUT2D eigenvalue weighted by Crippen LogP contribution is 2.31. The number of hydrogen-bond donors (Lipinski definition) is 0. The number of fused-ring (bicyclic) bond motifs is 3. The fourth-order valence-electron chi connectivity index (χ4n) is 3.92. The molecule has 0 radical (unpaired) electrons. The summed E-state index contributed by atoms with van der Waals surface area (Å²) in [5.41, 5.74) is 4.80. The van der Waals surface area contributed by atoms with Crippen molar-refractivity contribution in [3.8, 4) is 0 Å². The summed E-state index contributed by atoms with van der Waals surface area (Å²) in [6, 6.07) is 11.8. The monoisotopic (exact) mass is 340 g/mol. The van der Waals surface area contributed by atoms with Crippen molar-refractivity contribution in [2.45, 2.75) is 32.4 Å². The minimum absolute atomic E-state index is 0.183. The molecule has 130 valence electrons. The van der Waals surface area contributed by atoms with Crippen molar-refractivity contribution in [1.29, 1.82) is 0 Å². The van der Waals surface area contributed by atoms with Crippen LogP contribution < -0.4 is 0 Å². The van der Waals surface area contributed by atoms with Crippen LogP contribution in [0.1, 0.15) is 23.2 Å². The molecule has 0 saturated carbocycles. The zero-order valence-electron chi connectivity index (χ0n) is 14.4. The van der Waals surface area contributed by atoms with E-state index >= 15 is 0 Å². The average molecular weight is 340 g/mol. The number of rotatable bonds is 3. The van der Waals surface area contributed by atoms with Gasteiger partial charge in [0, 0.05) is 29.7 Å². The first kappa shape index (κ1) is 16.3. The Morgan fingerprint density at radius 3 is 2.56 bits per heavy atom. The summed E-state index contributed by atoms with van der Waals surface area (Å²) in [6.07, 6.45) is 2.96. The maximum absolute atomic E-state index is 13.8. The molecule has 2 heterocycles. The molecule has 0 atom stereocenters. The Labute approximate surface area is 146 Å². The number of aromatic nitrogens is 1. The Morgan fingerprint density at radius 2 is 1.76 bits per heavy atom. The van der Waals surface area contributed by atoms with Gasteiger partial charge in [-0.3, -0.25) is 0 Å². The Morgan fingerprint density at radius 1 is 1.00 bits per heavy atom. The zero-order chi connectivity index (χ0) is 17.4. The molecule has 0 saturated heterocycles. The molecular weight excluding hydrogens is 318 g/mol. The lowest BCUT2D eigenvalue weighted by atomic mass is 10.1. The van der Waals surface area contributed by atoms with Gasteiger partial charge in [-0.25, -0.2) is 8.78 Å². The van der Waals surface area contributed by atoms with E-state index in [0.29, 0.717) is 0 Å². The molecule has 0 spiro atoms. The average Bonchev–Trinajstić information content (AvgIpc) is 2.74. The SMILES string of the molecule is CN1CCCc2c(c3cc(F)ccc3n2CCc2ccc(F)cc2)C1. The van der Waals surface area contributed by atoms with E-state index in [0.717, 1.165) is 55.4 Å². The van der Waals surface area contributed by atoms with Crippen LogP contribution in [0.3, 0.4) is 0 Å². The second kappa shape index (κ2) is 6.60. The molecule has 25 heavy (non-hydrogen) atoms. The molecule has 0 aliphatic carbocycles. The van der Waals surface area contributed by atoms with Gasteiger partial charge in [-0.05, 0) is 74.3 Å². The predicted molar refractivity (Wildman–Crippen MR) is 96.7 cm³/mol. The molecule has 2 aromatic carbocycles. The molecule has 1 aromatic heterocycles. The third kappa shape index (κ3) is 3.19. The first-order chi connectivity index (χ1) is 12.1. The van der Waals surface area contributed by atoms with Crippen molar-refractivity contribution >= 4 is 10.9 Å². The lowest BCUT2D eigenvalue weighted by Gasteiger charge is -2.12. The third-order valence-electron chi connectivity index (χ3n) is 5.17. The zero-order valence-corrected chi connectivity index (χ0v) is 14.4. The van der Waals surface area contributed by atoms with Crippen molar-refractivity contribution in [3.05, 3.63) is 70.9 Å². The molecule has 4 heteroatoms. The summed E-state index contributed by atoms with van der Waals surface area (Å²) in [5, 5.41) is 1.03. The smallest absolute Gasteiger partial charge is 0.123 e. The standard InChI is InChI=1S/C21H22F2N2/c1-24-11-2-3-20-19(14-24)18-13-17(23)8-9-21(18)25(20)12-10-15-4-6-16(22)7-5-15/h4-9,13H,2-3,10-12,14H2,1H3. The van der Waals surface area contributed by atoms with Crippen LogP contribution in [-0.2, 0) is 25.9 Å². The Hall–Kier alpha value is -2.20. The topological polar surface area (TPSA) is 8.17 Å². The van der Waals surface area contributed by atoms with Crippen LogP contribution in [0.4, 0.5) is 8.78 Å². The molecule has 4 rings (SSSR count). The minimum atomic E-state index is -0.206. The summed E-state index contributed by atoms with van der Waals surface area (Å²) in [6.45, 7) is 2.75. The van der Waals surface area contributed by atoms with E-state index < -0.39 is 0 Å². The first-order valence-electron chi connectivity index (χ1n) is 8.84. The van der Waals surface area contributed by atoms with Crippen molar-refractivity contribution < 1.29 is 8.78 Å². The molecule has 2 nitrogen and oxygen atoms in total. The van der Waals surface area contributed by atoms with E-state index in [1.165, 1.54) is 23.4 Å². The third-order valence-corrected chi connectivity index (χ3v) is 5.17. The number of nitrogens with zero attached hydrogens (tertiary/aromatic N) is 2. The summed E-state index contributed by atoms with van der Waals surface area (Å²) in [4.78, 5) is 2.31. The maximum Gasteiger partial charge on any atom is 0.123 e. The van der Waals surface area contributed by atoms with Crippen LogP contribution in [0, 0.1) is 11.6 Å². The van der Waals surface area contributed by atoms with Gasteiger partial charge in [0.1, 0.15) is 11.6 Å². The Kier molecular flexibility index (Phi) is 4.30. The van der Waals surface area contributed by atoms with Gasteiger partial charge in [-0.2, -0.15) is 0 Å². The van der Waals surface area contributed by atoms with Gasteiger partial charge in [0.2, 0.25) is 0 Å². The summed E-state index contributed by atoms with van der Waals surface area (Å²) in [7, 11) is 2.12. The Bertz CT molecular complexity index is 896. The van der Waals surface area contributed by atoms with Crippen LogP contribution in [-0.4, -0.2) is 23.1 Å².